The highest BCUT2D eigenvalue weighted by Crippen LogP contribution is 2.35. The number of piperazine rings is 1. The SMILES string of the molecule is C=CCNC(=S)N1CCN(S(=O)(=O)c2ccccc2C(F)(F)F)CC1. The Morgan fingerprint density at radius 1 is 1.24 bits per heavy atom. The number of hydrogen-bond donors (Lipinski definition) is 1. The molecule has 0 saturated carbocycles. The van der Waals surface area contributed by atoms with Crippen LogP contribution in [0.1, 0.15) is 5.56 Å². The van der Waals surface area contributed by atoms with Crippen LogP contribution >= 0.6 is 12.2 Å². The zero-order valence-electron chi connectivity index (χ0n) is 13.3. The van der Waals surface area contributed by atoms with E-state index in [1.54, 1.807) is 11.0 Å². The summed E-state index contributed by atoms with van der Waals surface area (Å²) < 4.78 is 65.7. The average Bonchev–Trinajstić information content (AvgIpc) is 2.59. The molecule has 1 N–H and O–H groups in total. The van der Waals surface area contributed by atoms with Crippen molar-refractivity contribution < 1.29 is 21.6 Å². The number of thiocarbonyl (C=S) groups is 1. The highest BCUT2D eigenvalue weighted by atomic mass is 32.2. The van der Waals surface area contributed by atoms with Gasteiger partial charge in [-0.3, -0.25) is 0 Å². The van der Waals surface area contributed by atoms with Gasteiger partial charge in [0.05, 0.1) is 10.5 Å². The maximum atomic E-state index is 13.1. The van der Waals surface area contributed by atoms with E-state index in [0.29, 0.717) is 24.7 Å². The Kier molecular flexibility index (Phi) is 6.07. The summed E-state index contributed by atoms with van der Waals surface area (Å²) in [4.78, 5) is 1.06. The first kappa shape index (κ1) is 19.7. The third kappa shape index (κ3) is 4.50. The number of alkyl halides is 3. The molecule has 0 aliphatic carbocycles. The molecule has 25 heavy (non-hydrogen) atoms. The molecule has 1 aromatic rings. The lowest BCUT2D eigenvalue weighted by Gasteiger charge is -2.35. The molecule has 1 saturated heterocycles. The molecule has 0 unspecified atom stereocenters. The quantitative estimate of drug-likeness (QED) is 0.627. The monoisotopic (exact) mass is 393 g/mol. The van der Waals surface area contributed by atoms with Crippen LogP contribution in [0.2, 0.25) is 0 Å². The summed E-state index contributed by atoms with van der Waals surface area (Å²) in [6.45, 7) is 4.77. The minimum absolute atomic E-state index is 0.0600. The number of rotatable bonds is 4. The second kappa shape index (κ2) is 7.71. The normalized spacial score (nSPS) is 16.5. The van der Waals surface area contributed by atoms with Crippen molar-refractivity contribution >= 4 is 27.4 Å². The zero-order chi connectivity index (χ0) is 18.7. The third-order valence-corrected chi connectivity index (χ3v) is 6.09. The van der Waals surface area contributed by atoms with Crippen LogP contribution in [-0.2, 0) is 16.2 Å². The van der Waals surface area contributed by atoms with Gasteiger partial charge in [0.25, 0.3) is 0 Å². The second-order valence-electron chi connectivity index (χ2n) is 5.36. The van der Waals surface area contributed by atoms with Crippen molar-refractivity contribution in [2.75, 3.05) is 32.7 Å². The van der Waals surface area contributed by atoms with E-state index >= 15 is 0 Å². The van der Waals surface area contributed by atoms with Gasteiger partial charge in [0.15, 0.2) is 5.11 Å². The Hall–Kier alpha value is -1.65. The maximum absolute atomic E-state index is 13.1. The van der Waals surface area contributed by atoms with Crippen molar-refractivity contribution in [3.63, 3.8) is 0 Å². The van der Waals surface area contributed by atoms with Gasteiger partial charge in [-0.15, -0.1) is 6.58 Å². The van der Waals surface area contributed by atoms with E-state index in [2.05, 4.69) is 11.9 Å². The van der Waals surface area contributed by atoms with Crippen molar-refractivity contribution in [3.05, 3.63) is 42.5 Å². The van der Waals surface area contributed by atoms with Gasteiger partial charge in [0, 0.05) is 32.7 Å². The van der Waals surface area contributed by atoms with Crippen LogP contribution in [0, 0.1) is 0 Å². The van der Waals surface area contributed by atoms with Crippen LogP contribution in [0.25, 0.3) is 0 Å². The van der Waals surface area contributed by atoms with Crippen LogP contribution in [0.5, 0.6) is 0 Å². The Morgan fingerprint density at radius 2 is 1.84 bits per heavy atom. The molecule has 1 heterocycles. The maximum Gasteiger partial charge on any atom is 0.417 e. The van der Waals surface area contributed by atoms with Gasteiger partial charge < -0.3 is 10.2 Å². The first-order chi connectivity index (χ1) is 11.7. The highest BCUT2D eigenvalue weighted by Gasteiger charge is 2.39. The molecule has 138 valence electrons. The van der Waals surface area contributed by atoms with Gasteiger partial charge in [0.1, 0.15) is 0 Å². The first-order valence-corrected chi connectivity index (χ1v) is 9.33. The molecule has 0 spiro atoms. The molecule has 1 aliphatic heterocycles. The Morgan fingerprint density at radius 3 is 2.40 bits per heavy atom. The summed E-state index contributed by atoms with van der Waals surface area (Å²) >= 11 is 5.18. The summed E-state index contributed by atoms with van der Waals surface area (Å²) in [6, 6.07) is 4.22. The Bertz CT molecular complexity index is 743. The largest absolute Gasteiger partial charge is 0.417 e. The fraction of sp³-hybridized carbons (Fsp3) is 0.400. The number of benzene rings is 1. The van der Waals surface area contributed by atoms with Crippen LogP contribution in [0.4, 0.5) is 13.2 Å². The smallest absolute Gasteiger partial charge is 0.359 e. The van der Waals surface area contributed by atoms with Gasteiger partial charge in [-0.25, -0.2) is 8.42 Å². The van der Waals surface area contributed by atoms with E-state index < -0.39 is 26.7 Å². The van der Waals surface area contributed by atoms with Crippen molar-refractivity contribution in [1.82, 2.24) is 14.5 Å². The van der Waals surface area contributed by atoms with Gasteiger partial charge in [-0.2, -0.15) is 17.5 Å². The lowest BCUT2D eigenvalue weighted by Crippen LogP contribution is -2.53. The Labute approximate surface area is 150 Å². The second-order valence-corrected chi connectivity index (χ2v) is 7.65. The van der Waals surface area contributed by atoms with Crippen LogP contribution < -0.4 is 5.32 Å². The lowest BCUT2D eigenvalue weighted by atomic mass is 10.2. The van der Waals surface area contributed by atoms with Crippen molar-refractivity contribution in [3.8, 4) is 0 Å². The van der Waals surface area contributed by atoms with E-state index in [0.717, 1.165) is 16.4 Å². The molecule has 0 amide bonds. The fourth-order valence-electron chi connectivity index (χ4n) is 2.47. The predicted octanol–water partition coefficient (Wildman–Crippen LogP) is 2.07. The molecule has 5 nitrogen and oxygen atoms in total. The fourth-order valence-corrected chi connectivity index (χ4v) is 4.37. The molecule has 1 aromatic carbocycles. The summed E-state index contributed by atoms with van der Waals surface area (Å²) in [7, 11) is -4.24. The first-order valence-electron chi connectivity index (χ1n) is 7.48. The molecule has 0 aromatic heterocycles. The highest BCUT2D eigenvalue weighted by molar-refractivity contribution is 7.89. The molecule has 0 atom stereocenters. The van der Waals surface area contributed by atoms with Crippen molar-refractivity contribution in [2.45, 2.75) is 11.1 Å². The van der Waals surface area contributed by atoms with Crippen LogP contribution in [0.15, 0.2) is 41.8 Å². The lowest BCUT2D eigenvalue weighted by molar-refractivity contribution is -0.139. The Balaban J connectivity index is 2.16. The van der Waals surface area contributed by atoms with Crippen molar-refractivity contribution in [1.29, 1.82) is 0 Å². The van der Waals surface area contributed by atoms with Gasteiger partial charge in [-0.1, -0.05) is 18.2 Å². The van der Waals surface area contributed by atoms with E-state index in [4.69, 9.17) is 12.2 Å². The zero-order valence-corrected chi connectivity index (χ0v) is 14.9. The minimum atomic E-state index is -4.73. The predicted molar refractivity (Wildman–Crippen MR) is 92.6 cm³/mol. The summed E-state index contributed by atoms with van der Waals surface area (Å²) in [5, 5.41) is 3.40. The molecule has 2 rings (SSSR count). The molecular formula is C15H18F3N3O2S2. The van der Waals surface area contributed by atoms with E-state index in [9.17, 15) is 21.6 Å². The van der Waals surface area contributed by atoms with Crippen molar-refractivity contribution in [2.24, 2.45) is 0 Å². The molecule has 1 aliphatic rings. The summed E-state index contributed by atoms with van der Waals surface area (Å²) in [6.07, 6.45) is -3.09. The number of nitrogens with one attached hydrogen (secondary N) is 1. The summed E-state index contributed by atoms with van der Waals surface area (Å²) in [5.74, 6) is 0. The van der Waals surface area contributed by atoms with E-state index in [-0.39, 0.29) is 13.1 Å². The standard InChI is InChI=1S/C15H18F3N3O2S2/c1-2-7-19-14(24)20-8-10-21(11-9-20)25(22,23)13-6-4-3-5-12(13)15(16,17)18/h2-6H,1,7-11H2,(H,19,24). The molecule has 0 radical (unpaired) electrons. The van der Waals surface area contributed by atoms with Crippen LogP contribution in [0.3, 0.4) is 0 Å². The third-order valence-electron chi connectivity index (χ3n) is 3.73. The minimum Gasteiger partial charge on any atom is -0.359 e. The number of hydrogen-bond acceptors (Lipinski definition) is 3. The van der Waals surface area contributed by atoms with Gasteiger partial charge in [0.2, 0.25) is 10.0 Å². The molecule has 0 bridgehead atoms. The number of halogens is 3. The van der Waals surface area contributed by atoms with Gasteiger partial charge in [-0.05, 0) is 24.4 Å². The number of sulfonamides is 1. The average molecular weight is 393 g/mol. The van der Waals surface area contributed by atoms with Crippen LogP contribution in [-0.4, -0.2) is 55.5 Å². The van der Waals surface area contributed by atoms with Gasteiger partial charge >= 0.3 is 6.18 Å². The van der Waals surface area contributed by atoms with E-state index in [1.165, 1.54) is 12.1 Å². The molecular weight excluding hydrogens is 375 g/mol. The number of nitrogens with zero attached hydrogens (tertiary/aromatic N) is 2. The molecule has 10 heteroatoms. The molecule has 1 fully saturated rings. The summed E-state index contributed by atoms with van der Waals surface area (Å²) in [5.41, 5.74) is -1.15. The van der Waals surface area contributed by atoms with E-state index in [1.807, 2.05) is 0 Å². The topological polar surface area (TPSA) is 52.6 Å².